The summed E-state index contributed by atoms with van der Waals surface area (Å²) in [6.07, 6.45) is 2.66. The highest BCUT2D eigenvalue weighted by Crippen LogP contribution is 2.21. The van der Waals surface area contributed by atoms with E-state index in [1.165, 1.54) is 0 Å². The number of nitrogens with zero attached hydrogens (tertiary/aromatic N) is 1. The lowest BCUT2D eigenvalue weighted by atomic mass is 9.99. The van der Waals surface area contributed by atoms with E-state index in [2.05, 4.69) is 10.2 Å². The number of carboxylic acid groups (broad SMARTS) is 1. The Morgan fingerprint density at radius 1 is 1.26 bits per heavy atom. The third-order valence-corrected chi connectivity index (χ3v) is 3.76. The van der Waals surface area contributed by atoms with Crippen LogP contribution >= 0.6 is 0 Å². The van der Waals surface area contributed by atoms with Crippen molar-refractivity contribution < 1.29 is 14.7 Å². The summed E-state index contributed by atoms with van der Waals surface area (Å²) < 4.78 is 0. The molecule has 0 aliphatic carbocycles. The standard InChI is InChI=1S/C14H26N2O3/c1-10(2)9-11(12(17)18)15-13(19)14(3,4)16-7-5-6-8-16/h10-11H,5-9H2,1-4H3,(H,15,19)(H,17,18). The number of rotatable bonds is 6. The molecule has 1 fully saturated rings. The minimum atomic E-state index is -0.959. The number of amides is 1. The Kier molecular flexibility index (Phi) is 5.35. The molecular formula is C14H26N2O3. The molecule has 1 aliphatic rings. The Balaban J connectivity index is 2.67. The van der Waals surface area contributed by atoms with Gasteiger partial charge in [0, 0.05) is 0 Å². The highest BCUT2D eigenvalue weighted by atomic mass is 16.4. The molecule has 2 N–H and O–H groups in total. The lowest BCUT2D eigenvalue weighted by Crippen LogP contribution is -2.57. The molecule has 1 amide bonds. The Hall–Kier alpha value is -1.10. The number of hydrogen-bond donors (Lipinski definition) is 2. The molecule has 1 saturated heterocycles. The van der Waals surface area contributed by atoms with E-state index in [9.17, 15) is 14.7 Å². The van der Waals surface area contributed by atoms with E-state index in [-0.39, 0.29) is 11.8 Å². The maximum Gasteiger partial charge on any atom is 0.326 e. The Labute approximate surface area is 115 Å². The zero-order valence-corrected chi connectivity index (χ0v) is 12.4. The summed E-state index contributed by atoms with van der Waals surface area (Å²) in [6, 6.07) is -0.797. The Morgan fingerprint density at radius 2 is 1.79 bits per heavy atom. The van der Waals surface area contributed by atoms with Crippen LogP contribution in [0, 0.1) is 5.92 Å². The van der Waals surface area contributed by atoms with E-state index in [0.29, 0.717) is 6.42 Å². The smallest absolute Gasteiger partial charge is 0.326 e. The molecule has 0 aromatic rings. The van der Waals surface area contributed by atoms with Crippen molar-refractivity contribution >= 4 is 11.9 Å². The second-order valence-corrected chi connectivity index (χ2v) is 6.25. The lowest BCUT2D eigenvalue weighted by Gasteiger charge is -2.34. The van der Waals surface area contributed by atoms with Gasteiger partial charge in [-0.1, -0.05) is 13.8 Å². The maximum atomic E-state index is 12.3. The average Bonchev–Trinajstić information content (AvgIpc) is 2.80. The van der Waals surface area contributed by atoms with Gasteiger partial charge in [-0.25, -0.2) is 4.79 Å². The van der Waals surface area contributed by atoms with Crippen LogP contribution in [0.1, 0.15) is 47.0 Å². The fourth-order valence-corrected chi connectivity index (χ4v) is 2.45. The van der Waals surface area contributed by atoms with Crippen molar-refractivity contribution in [2.24, 2.45) is 5.92 Å². The summed E-state index contributed by atoms with van der Waals surface area (Å²) in [5.41, 5.74) is -0.638. The summed E-state index contributed by atoms with van der Waals surface area (Å²) >= 11 is 0. The van der Waals surface area contributed by atoms with Crippen molar-refractivity contribution in [3.05, 3.63) is 0 Å². The third-order valence-electron chi connectivity index (χ3n) is 3.76. The highest BCUT2D eigenvalue weighted by Gasteiger charge is 2.37. The molecule has 1 rings (SSSR count). The van der Waals surface area contributed by atoms with Gasteiger partial charge in [-0.05, 0) is 52.1 Å². The van der Waals surface area contributed by atoms with Crippen molar-refractivity contribution in [2.45, 2.75) is 58.5 Å². The predicted octanol–water partition coefficient (Wildman–Crippen LogP) is 1.48. The van der Waals surface area contributed by atoms with Crippen LogP contribution in [0.5, 0.6) is 0 Å². The molecule has 5 heteroatoms. The minimum Gasteiger partial charge on any atom is -0.480 e. The summed E-state index contributed by atoms with van der Waals surface area (Å²) in [7, 11) is 0. The summed E-state index contributed by atoms with van der Waals surface area (Å²) in [6.45, 7) is 9.44. The van der Waals surface area contributed by atoms with E-state index >= 15 is 0 Å². The first-order valence-electron chi connectivity index (χ1n) is 7.04. The highest BCUT2D eigenvalue weighted by molar-refractivity contribution is 5.89. The van der Waals surface area contributed by atoms with E-state index in [4.69, 9.17) is 0 Å². The molecule has 1 heterocycles. The van der Waals surface area contributed by atoms with Crippen LogP contribution in [-0.2, 0) is 9.59 Å². The first kappa shape index (κ1) is 16.0. The van der Waals surface area contributed by atoms with Gasteiger partial charge in [-0.15, -0.1) is 0 Å². The van der Waals surface area contributed by atoms with E-state index < -0.39 is 17.6 Å². The molecule has 19 heavy (non-hydrogen) atoms. The fourth-order valence-electron chi connectivity index (χ4n) is 2.45. The molecule has 0 radical (unpaired) electrons. The van der Waals surface area contributed by atoms with Crippen molar-refractivity contribution in [3.63, 3.8) is 0 Å². The average molecular weight is 270 g/mol. The van der Waals surface area contributed by atoms with Crippen LogP contribution in [0.3, 0.4) is 0 Å². The largest absolute Gasteiger partial charge is 0.480 e. The predicted molar refractivity (Wildman–Crippen MR) is 73.9 cm³/mol. The van der Waals surface area contributed by atoms with E-state index in [1.54, 1.807) is 0 Å². The van der Waals surface area contributed by atoms with E-state index in [1.807, 2.05) is 27.7 Å². The molecule has 110 valence electrons. The second kappa shape index (κ2) is 6.37. The van der Waals surface area contributed by atoms with Gasteiger partial charge < -0.3 is 10.4 Å². The van der Waals surface area contributed by atoms with Crippen molar-refractivity contribution in [1.82, 2.24) is 10.2 Å². The zero-order chi connectivity index (χ0) is 14.6. The quantitative estimate of drug-likeness (QED) is 0.767. The molecule has 0 aromatic carbocycles. The van der Waals surface area contributed by atoms with Crippen LogP contribution in [0.2, 0.25) is 0 Å². The van der Waals surface area contributed by atoms with Crippen LogP contribution < -0.4 is 5.32 Å². The second-order valence-electron chi connectivity index (χ2n) is 6.25. The van der Waals surface area contributed by atoms with Crippen LogP contribution in [0.15, 0.2) is 0 Å². The topological polar surface area (TPSA) is 69.6 Å². The van der Waals surface area contributed by atoms with Crippen LogP contribution in [-0.4, -0.2) is 46.6 Å². The normalized spacial score (nSPS) is 18.6. The molecule has 0 spiro atoms. The zero-order valence-electron chi connectivity index (χ0n) is 12.4. The van der Waals surface area contributed by atoms with Gasteiger partial charge in [-0.2, -0.15) is 0 Å². The number of aliphatic carboxylic acids is 1. The molecule has 5 nitrogen and oxygen atoms in total. The maximum absolute atomic E-state index is 12.3. The van der Waals surface area contributed by atoms with Gasteiger partial charge in [0.1, 0.15) is 6.04 Å². The Morgan fingerprint density at radius 3 is 2.21 bits per heavy atom. The third kappa shape index (κ3) is 4.20. The first-order chi connectivity index (χ1) is 8.75. The molecule has 0 aromatic heterocycles. The van der Waals surface area contributed by atoms with Crippen molar-refractivity contribution in [2.75, 3.05) is 13.1 Å². The van der Waals surface area contributed by atoms with Gasteiger partial charge in [-0.3, -0.25) is 9.69 Å². The van der Waals surface area contributed by atoms with Gasteiger partial charge in [0.2, 0.25) is 5.91 Å². The molecule has 1 unspecified atom stereocenters. The van der Waals surface area contributed by atoms with Crippen LogP contribution in [0.4, 0.5) is 0 Å². The Bertz CT molecular complexity index is 334. The number of likely N-dealkylation sites (tertiary alicyclic amines) is 1. The van der Waals surface area contributed by atoms with Crippen molar-refractivity contribution in [1.29, 1.82) is 0 Å². The van der Waals surface area contributed by atoms with Gasteiger partial charge in [0.25, 0.3) is 0 Å². The molecular weight excluding hydrogens is 244 g/mol. The number of hydrogen-bond acceptors (Lipinski definition) is 3. The fraction of sp³-hybridized carbons (Fsp3) is 0.857. The van der Waals surface area contributed by atoms with Crippen LogP contribution in [0.25, 0.3) is 0 Å². The van der Waals surface area contributed by atoms with Crippen molar-refractivity contribution in [3.8, 4) is 0 Å². The lowest BCUT2D eigenvalue weighted by molar-refractivity contribution is -0.144. The van der Waals surface area contributed by atoms with Gasteiger partial charge in [0.05, 0.1) is 5.54 Å². The van der Waals surface area contributed by atoms with E-state index in [0.717, 1.165) is 25.9 Å². The number of carbonyl (C=O) groups is 2. The summed E-state index contributed by atoms with van der Waals surface area (Å²) in [5.74, 6) is -0.918. The molecule has 1 aliphatic heterocycles. The molecule has 1 atom stereocenters. The van der Waals surface area contributed by atoms with Gasteiger partial charge in [0.15, 0.2) is 0 Å². The number of nitrogens with one attached hydrogen (secondary N) is 1. The number of carboxylic acids is 1. The summed E-state index contributed by atoms with van der Waals surface area (Å²) in [4.78, 5) is 25.6. The molecule has 0 saturated carbocycles. The number of carbonyl (C=O) groups excluding carboxylic acids is 1. The van der Waals surface area contributed by atoms with Gasteiger partial charge >= 0.3 is 5.97 Å². The first-order valence-corrected chi connectivity index (χ1v) is 7.04. The molecule has 0 bridgehead atoms. The SMILES string of the molecule is CC(C)CC(NC(=O)C(C)(C)N1CCCC1)C(=O)O. The minimum absolute atomic E-state index is 0.192. The summed E-state index contributed by atoms with van der Waals surface area (Å²) in [5, 5.41) is 11.9. The monoisotopic (exact) mass is 270 g/mol.